The number of fused-ring (bicyclic) bond motifs is 4. The van der Waals surface area contributed by atoms with Gasteiger partial charge < -0.3 is 4.42 Å². The number of benzene rings is 2. The van der Waals surface area contributed by atoms with Gasteiger partial charge in [0.05, 0.1) is 5.56 Å². The molecule has 2 atom stereocenters. The molecule has 2 unspecified atom stereocenters. The third kappa shape index (κ3) is 2.99. The molecule has 2 nitrogen and oxygen atoms in total. The number of halogens is 1. The molecule has 0 radical (unpaired) electrons. The van der Waals surface area contributed by atoms with Crippen LogP contribution in [-0.4, -0.2) is 8.07 Å². The molecule has 2 fully saturated rings. The Hall–Kier alpha value is -2.46. The van der Waals surface area contributed by atoms with Crippen molar-refractivity contribution in [2.75, 3.05) is 0 Å². The highest BCUT2D eigenvalue weighted by Gasteiger charge is 2.47. The smallest absolute Gasteiger partial charge is 0.216 e. The van der Waals surface area contributed by atoms with Gasteiger partial charge in [-0.05, 0) is 61.3 Å². The van der Waals surface area contributed by atoms with E-state index in [0.29, 0.717) is 23.0 Å². The number of furan rings is 1. The van der Waals surface area contributed by atoms with E-state index in [2.05, 4.69) is 42.8 Å². The van der Waals surface area contributed by atoms with E-state index in [-0.39, 0.29) is 5.82 Å². The van der Waals surface area contributed by atoms with Gasteiger partial charge in [-0.15, -0.1) is 0 Å². The second-order valence-electron chi connectivity index (χ2n) is 10.8. The van der Waals surface area contributed by atoms with Crippen molar-refractivity contribution in [3.63, 3.8) is 0 Å². The summed E-state index contributed by atoms with van der Waals surface area (Å²) in [4.78, 5) is 0. The first-order chi connectivity index (χ1) is 15.7. The third-order valence-corrected chi connectivity index (χ3v) is 11.2. The van der Waals surface area contributed by atoms with Crippen LogP contribution in [0.15, 0.2) is 53.1 Å². The molecule has 0 amide bonds. The maximum atomic E-state index is 15.5. The molecule has 1 aliphatic carbocycles. The molecule has 1 saturated carbocycles. The van der Waals surface area contributed by atoms with Crippen LogP contribution in [0.5, 0.6) is 0 Å². The maximum Gasteiger partial charge on any atom is 0.216 e. The molecule has 32 heavy (non-hydrogen) atoms. The van der Waals surface area contributed by atoms with Crippen molar-refractivity contribution < 1.29 is 14.7 Å². The molecule has 2 aromatic carbocycles. The van der Waals surface area contributed by atoms with E-state index in [1.807, 2.05) is 31.4 Å². The summed E-state index contributed by atoms with van der Waals surface area (Å²) in [6, 6.07) is 16.2. The van der Waals surface area contributed by atoms with Gasteiger partial charge in [-0.2, -0.15) is 0 Å². The van der Waals surface area contributed by atoms with Crippen LogP contribution in [0.25, 0.3) is 33.2 Å². The fourth-order valence-corrected chi connectivity index (χ4v) is 10.6. The number of aryl methyl sites for hydroxylation is 2. The Morgan fingerprint density at radius 3 is 2.41 bits per heavy atom. The fourth-order valence-electron chi connectivity index (χ4n) is 6.64. The average molecular weight is 446 g/mol. The van der Waals surface area contributed by atoms with Crippen LogP contribution in [0.1, 0.15) is 31.2 Å². The number of hydrogen-bond donors (Lipinski definition) is 0. The monoisotopic (exact) mass is 445 g/mol. The summed E-state index contributed by atoms with van der Waals surface area (Å²) >= 11 is 0. The lowest BCUT2D eigenvalue weighted by molar-refractivity contribution is -0.660. The Bertz CT molecular complexity index is 1410. The molecule has 1 saturated heterocycles. The summed E-state index contributed by atoms with van der Waals surface area (Å²) in [6.45, 7) is 7.02. The average Bonchev–Trinajstić information content (AvgIpc) is 3.34. The van der Waals surface area contributed by atoms with E-state index >= 15 is 4.39 Å². The Morgan fingerprint density at radius 1 is 1.00 bits per heavy atom. The second kappa shape index (κ2) is 7.02. The summed E-state index contributed by atoms with van der Waals surface area (Å²) in [5.74, 6) is -0.0880. The van der Waals surface area contributed by atoms with Crippen molar-refractivity contribution >= 4 is 30.0 Å². The summed E-state index contributed by atoms with van der Waals surface area (Å²) in [5.41, 5.74) is 5.05. The minimum Gasteiger partial charge on any atom is -0.455 e. The molecular formula is C28H31FNOSi+. The van der Waals surface area contributed by atoms with Gasteiger partial charge in [0.2, 0.25) is 5.69 Å². The minimum atomic E-state index is -1.15. The van der Waals surface area contributed by atoms with Crippen LogP contribution in [0.2, 0.25) is 25.2 Å². The van der Waals surface area contributed by atoms with E-state index in [1.165, 1.54) is 12.1 Å². The normalized spacial score (nSPS) is 27.2. The molecule has 2 aliphatic rings. The molecule has 3 heterocycles. The van der Waals surface area contributed by atoms with Gasteiger partial charge >= 0.3 is 0 Å². The van der Waals surface area contributed by atoms with Gasteiger partial charge in [0, 0.05) is 37.9 Å². The molecular weight excluding hydrogens is 413 g/mol. The lowest BCUT2D eigenvalue weighted by atomic mass is 9.93. The minimum absolute atomic E-state index is 0.295. The van der Waals surface area contributed by atoms with Crippen molar-refractivity contribution in [3.8, 4) is 11.3 Å². The van der Waals surface area contributed by atoms with Crippen molar-refractivity contribution in [3.05, 3.63) is 65.6 Å². The fraction of sp³-hybridized carbons (Fsp3) is 0.393. The van der Waals surface area contributed by atoms with Crippen LogP contribution < -0.4 is 4.57 Å². The number of nitrogens with zero attached hydrogens (tertiary/aromatic N) is 1. The standard InChI is InChI=1S/C28H31FNOSi/c1-17-8-9-21-22-10-11-23(29)26(18-13-19-15-32(3,4)16-20(19)14-18)28(22)31-27(21)25(17)24-7-5-6-12-30(24)2/h5-12,18-20H,13-16H2,1-4H3/q+1/i18D. The third-order valence-electron chi connectivity index (χ3n) is 7.95. The lowest BCUT2D eigenvalue weighted by Gasteiger charge is -2.19. The van der Waals surface area contributed by atoms with Crippen LogP contribution >= 0.6 is 0 Å². The Morgan fingerprint density at radius 2 is 1.69 bits per heavy atom. The Balaban J connectivity index is 1.57. The van der Waals surface area contributed by atoms with Crippen LogP contribution in [0.4, 0.5) is 4.39 Å². The van der Waals surface area contributed by atoms with E-state index in [1.54, 1.807) is 6.07 Å². The van der Waals surface area contributed by atoms with E-state index in [4.69, 9.17) is 4.42 Å². The largest absolute Gasteiger partial charge is 0.455 e. The van der Waals surface area contributed by atoms with Crippen LogP contribution in [0.3, 0.4) is 0 Å². The highest BCUT2D eigenvalue weighted by Crippen LogP contribution is 2.55. The zero-order chi connectivity index (χ0) is 23.1. The van der Waals surface area contributed by atoms with Crippen molar-refractivity contribution in [1.82, 2.24) is 0 Å². The molecule has 164 valence electrons. The summed E-state index contributed by atoms with van der Waals surface area (Å²) in [7, 11) is 0.877. The SMILES string of the molecule is [2H]C1(c2c(F)ccc3c2oc2c(-c4cccc[n+]4C)c(C)ccc23)CC2C[Si](C)(C)CC2C1. The van der Waals surface area contributed by atoms with Gasteiger partial charge in [0.25, 0.3) is 0 Å². The molecule has 1 aliphatic heterocycles. The van der Waals surface area contributed by atoms with E-state index in [9.17, 15) is 1.37 Å². The van der Waals surface area contributed by atoms with Gasteiger partial charge in [0.15, 0.2) is 6.20 Å². The first-order valence-corrected chi connectivity index (χ1v) is 15.2. The first-order valence-electron chi connectivity index (χ1n) is 12.3. The van der Waals surface area contributed by atoms with Gasteiger partial charge in [-0.3, -0.25) is 0 Å². The van der Waals surface area contributed by atoms with Crippen LogP contribution in [0, 0.1) is 24.6 Å². The predicted molar refractivity (Wildman–Crippen MR) is 131 cm³/mol. The molecule has 0 bridgehead atoms. The highest BCUT2D eigenvalue weighted by molar-refractivity contribution is 6.78. The lowest BCUT2D eigenvalue weighted by Crippen LogP contribution is -2.30. The molecule has 2 aromatic heterocycles. The number of aromatic nitrogens is 1. The Labute approximate surface area is 191 Å². The van der Waals surface area contributed by atoms with Crippen molar-refractivity contribution in [2.45, 2.75) is 50.8 Å². The van der Waals surface area contributed by atoms with Gasteiger partial charge in [-0.25, -0.2) is 8.96 Å². The summed E-state index contributed by atoms with van der Waals surface area (Å²) < 4.78 is 33.6. The number of rotatable bonds is 2. The van der Waals surface area contributed by atoms with Crippen LogP contribution in [-0.2, 0) is 7.05 Å². The van der Waals surface area contributed by atoms with Crippen molar-refractivity contribution in [2.24, 2.45) is 18.9 Å². The highest BCUT2D eigenvalue weighted by atomic mass is 28.3. The number of pyridine rings is 1. The second-order valence-corrected chi connectivity index (χ2v) is 16.0. The van der Waals surface area contributed by atoms with Gasteiger partial charge in [0.1, 0.15) is 24.0 Å². The predicted octanol–water partition coefficient (Wildman–Crippen LogP) is 7.36. The van der Waals surface area contributed by atoms with Gasteiger partial charge in [-0.1, -0.05) is 37.3 Å². The molecule has 0 N–H and O–H groups in total. The zero-order valence-corrected chi connectivity index (χ0v) is 20.3. The molecule has 4 heteroatoms. The van der Waals surface area contributed by atoms with Crippen molar-refractivity contribution in [1.29, 1.82) is 0 Å². The quantitative estimate of drug-likeness (QED) is 0.233. The van der Waals surface area contributed by atoms with E-state index < -0.39 is 14.0 Å². The molecule has 0 spiro atoms. The van der Waals surface area contributed by atoms with E-state index in [0.717, 1.165) is 46.0 Å². The maximum absolute atomic E-state index is 15.5. The summed E-state index contributed by atoms with van der Waals surface area (Å²) in [6.07, 6.45) is 3.53. The topological polar surface area (TPSA) is 17.0 Å². The summed E-state index contributed by atoms with van der Waals surface area (Å²) in [5, 5.41) is 1.91. The molecule has 4 aromatic rings. The molecule has 6 rings (SSSR count). The number of hydrogen-bond acceptors (Lipinski definition) is 1. The zero-order valence-electron chi connectivity index (χ0n) is 20.3. The Kier molecular flexibility index (Phi) is 4.18. The first kappa shape index (κ1) is 19.0.